The molecule has 1 amide bonds. The molecular weight excluding hydrogens is 371 g/mol. The molecule has 2 aromatic rings. The van der Waals surface area contributed by atoms with Gasteiger partial charge in [0.05, 0.1) is 12.3 Å². The van der Waals surface area contributed by atoms with Crippen LogP contribution in [0, 0.1) is 5.82 Å². The predicted octanol–water partition coefficient (Wildman–Crippen LogP) is 2.79. The topological polar surface area (TPSA) is 50.6 Å². The van der Waals surface area contributed by atoms with Gasteiger partial charge in [-0.3, -0.25) is 9.48 Å². The summed E-state index contributed by atoms with van der Waals surface area (Å²) < 4.78 is 20.2. The molecule has 1 aromatic heterocycles. The molecule has 7 heteroatoms. The van der Waals surface area contributed by atoms with E-state index in [0.29, 0.717) is 12.1 Å². The van der Waals surface area contributed by atoms with Gasteiger partial charge in [0.1, 0.15) is 12.4 Å². The molecule has 0 atom stereocenters. The first-order chi connectivity index (χ1) is 14.1. The minimum atomic E-state index is -0.261. The molecule has 2 fully saturated rings. The Labute approximate surface area is 171 Å². The molecule has 29 heavy (non-hydrogen) atoms. The van der Waals surface area contributed by atoms with Crippen LogP contribution in [-0.2, 0) is 16.1 Å². The number of hydrogen-bond acceptors (Lipinski definition) is 4. The number of halogens is 1. The van der Waals surface area contributed by atoms with Gasteiger partial charge in [0.2, 0.25) is 5.91 Å². The normalized spacial score (nSPS) is 19.6. The highest BCUT2D eigenvalue weighted by atomic mass is 19.1. The van der Waals surface area contributed by atoms with Crippen LogP contribution in [0.1, 0.15) is 25.7 Å². The standard InChI is InChI=1S/C22H29FN4O2/c1-29-21-8-12-25(13-9-21)20-6-10-26(11-7-20)22(28)16-27-15-18(14-24-27)17-2-4-19(23)5-3-17/h2-5,14-15,20-21H,6-13,16H2,1H3. The number of carbonyl (C=O) groups excluding carboxylic acids is 1. The quantitative estimate of drug-likeness (QED) is 0.775. The summed E-state index contributed by atoms with van der Waals surface area (Å²) in [5, 5.41) is 4.31. The third-order valence-electron chi connectivity index (χ3n) is 6.25. The van der Waals surface area contributed by atoms with Crippen LogP contribution in [0.5, 0.6) is 0 Å². The number of rotatable bonds is 5. The number of ether oxygens (including phenoxy) is 1. The van der Waals surface area contributed by atoms with E-state index in [-0.39, 0.29) is 18.3 Å². The van der Waals surface area contributed by atoms with Gasteiger partial charge in [0.25, 0.3) is 0 Å². The van der Waals surface area contributed by atoms with Crippen LogP contribution in [0.3, 0.4) is 0 Å². The molecule has 156 valence electrons. The number of piperidine rings is 2. The third-order valence-corrected chi connectivity index (χ3v) is 6.25. The number of aromatic nitrogens is 2. The smallest absolute Gasteiger partial charge is 0.244 e. The highest BCUT2D eigenvalue weighted by Crippen LogP contribution is 2.23. The van der Waals surface area contributed by atoms with Gasteiger partial charge in [-0.15, -0.1) is 0 Å². The van der Waals surface area contributed by atoms with E-state index in [1.807, 2.05) is 11.1 Å². The Bertz CT molecular complexity index is 806. The van der Waals surface area contributed by atoms with Gasteiger partial charge >= 0.3 is 0 Å². The van der Waals surface area contributed by atoms with E-state index in [2.05, 4.69) is 10.00 Å². The fourth-order valence-electron chi connectivity index (χ4n) is 4.44. The Balaban J connectivity index is 1.27. The number of carbonyl (C=O) groups is 1. The zero-order valence-electron chi connectivity index (χ0n) is 17.0. The second-order valence-electron chi connectivity index (χ2n) is 8.02. The lowest BCUT2D eigenvalue weighted by atomic mass is 9.99. The lowest BCUT2D eigenvalue weighted by Gasteiger charge is -2.41. The predicted molar refractivity (Wildman–Crippen MR) is 109 cm³/mol. The number of amides is 1. The molecule has 0 aliphatic carbocycles. The van der Waals surface area contributed by atoms with Crippen LogP contribution >= 0.6 is 0 Å². The van der Waals surface area contributed by atoms with Crippen molar-refractivity contribution in [2.24, 2.45) is 0 Å². The summed E-state index contributed by atoms with van der Waals surface area (Å²) in [5.41, 5.74) is 1.78. The van der Waals surface area contributed by atoms with Crippen LogP contribution in [0.15, 0.2) is 36.7 Å². The Morgan fingerprint density at radius 3 is 2.41 bits per heavy atom. The van der Waals surface area contributed by atoms with Crippen molar-refractivity contribution in [2.45, 2.75) is 44.4 Å². The molecule has 0 bridgehead atoms. The minimum absolute atomic E-state index is 0.107. The Hall–Kier alpha value is -2.25. The fraction of sp³-hybridized carbons (Fsp3) is 0.545. The molecule has 0 spiro atoms. The highest BCUT2D eigenvalue weighted by molar-refractivity contribution is 5.76. The average Bonchev–Trinajstić information content (AvgIpc) is 3.23. The second kappa shape index (κ2) is 9.05. The maximum atomic E-state index is 13.1. The first-order valence-corrected chi connectivity index (χ1v) is 10.5. The van der Waals surface area contributed by atoms with Crippen molar-refractivity contribution >= 4 is 5.91 Å². The van der Waals surface area contributed by atoms with Gasteiger partial charge in [-0.2, -0.15) is 5.10 Å². The van der Waals surface area contributed by atoms with Crippen LogP contribution < -0.4 is 0 Å². The Morgan fingerprint density at radius 1 is 1.07 bits per heavy atom. The lowest BCUT2D eigenvalue weighted by molar-refractivity contribution is -0.133. The Kier molecular flexibility index (Phi) is 6.25. The molecule has 0 saturated carbocycles. The largest absolute Gasteiger partial charge is 0.381 e. The number of benzene rings is 1. The van der Waals surface area contributed by atoms with E-state index in [0.717, 1.165) is 63.0 Å². The van der Waals surface area contributed by atoms with Gasteiger partial charge in [-0.1, -0.05) is 12.1 Å². The second-order valence-corrected chi connectivity index (χ2v) is 8.02. The molecule has 2 aliphatic heterocycles. The molecular formula is C22H29FN4O2. The van der Waals surface area contributed by atoms with Gasteiger partial charge < -0.3 is 14.5 Å². The van der Waals surface area contributed by atoms with Crippen molar-refractivity contribution in [3.8, 4) is 11.1 Å². The summed E-state index contributed by atoms with van der Waals surface area (Å²) in [5.74, 6) is -0.155. The van der Waals surface area contributed by atoms with E-state index in [4.69, 9.17) is 4.74 Å². The molecule has 1 aromatic carbocycles. The van der Waals surface area contributed by atoms with Crippen LogP contribution in [-0.4, -0.2) is 70.9 Å². The maximum Gasteiger partial charge on any atom is 0.244 e. The molecule has 3 heterocycles. The van der Waals surface area contributed by atoms with E-state index >= 15 is 0 Å². The molecule has 0 N–H and O–H groups in total. The number of methoxy groups -OCH3 is 1. The molecule has 0 radical (unpaired) electrons. The lowest BCUT2D eigenvalue weighted by Crippen LogP contribution is -2.50. The molecule has 2 aliphatic rings. The highest BCUT2D eigenvalue weighted by Gasteiger charge is 2.29. The van der Waals surface area contributed by atoms with E-state index in [9.17, 15) is 9.18 Å². The zero-order chi connectivity index (χ0) is 20.2. The van der Waals surface area contributed by atoms with Crippen molar-refractivity contribution in [2.75, 3.05) is 33.3 Å². The first kappa shape index (κ1) is 20.0. The van der Waals surface area contributed by atoms with Crippen molar-refractivity contribution in [1.82, 2.24) is 19.6 Å². The summed E-state index contributed by atoms with van der Waals surface area (Å²) in [6, 6.07) is 6.88. The summed E-state index contributed by atoms with van der Waals surface area (Å²) in [6.07, 6.45) is 8.24. The molecule has 4 rings (SSSR count). The molecule has 2 saturated heterocycles. The number of nitrogens with zero attached hydrogens (tertiary/aromatic N) is 4. The zero-order valence-corrected chi connectivity index (χ0v) is 17.0. The Morgan fingerprint density at radius 2 is 1.76 bits per heavy atom. The monoisotopic (exact) mass is 400 g/mol. The summed E-state index contributed by atoms with van der Waals surface area (Å²) in [4.78, 5) is 17.2. The molecule has 0 unspecified atom stereocenters. The van der Waals surface area contributed by atoms with E-state index in [1.165, 1.54) is 12.1 Å². The van der Waals surface area contributed by atoms with Gasteiger partial charge in [-0.05, 0) is 43.4 Å². The van der Waals surface area contributed by atoms with Crippen LogP contribution in [0.2, 0.25) is 0 Å². The van der Waals surface area contributed by atoms with E-state index < -0.39 is 0 Å². The van der Waals surface area contributed by atoms with Crippen LogP contribution in [0.4, 0.5) is 4.39 Å². The fourth-order valence-corrected chi connectivity index (χ4v) is 4.44. The molecule has 6 nitrogen and oxygen atoms in total. The van der Waals surface area contributed by atoms with E-state index in [1.54, 1.807) is 30.1 Å². The van der Waals surface area contributed by atoms with Crippen molar-refractivity contribution < 1.29 is 13.9 Å². The van der Waals surface area contributed by atoms with Gasteiger partial charge in [0.15, 0.2) is 0 Å². The summed E-state index contributed by atoms with van der Waals surface area (Å²) in [6.45, 7) is 4.04. The average molecular weight is 400 g/mol. The van der Waals surface area contributed by atoms with Crippen molar-refractivity contribution in [3.05, 3.63) is 42.5 Å². The summed E-state index contributed by atoms with van der Waals surface area (Å²) >= 11 is 0. The van der Waals surface area contributed by atoms with Gasteiger partial charge in [0, 0.05) is 51.1 Å². The van der Waals surface area contributed by atoms with Crippen molar-refractivity contribution in [3.63, 3.8) is 0 Å². The van der Waals surface area contributed by atoms with Gasteiger partial charge in [-0.25, -0.2) is 4.39 Å². The number of hydrogen-bond donors (Lipinski definition) is 0. The third kappa shape index (κ3) is 4.85. The number of likely N-dealkylation sites (tertiary alicyclic amines) is 2. The van der Waals surface area contributed by atoms with Crippen LogP contribution in [0.25, 0.3) is 11.1 Å². The summed E-state index contributed by atoms with van der Waals surface area (Å²) in [7, 11) is 1.80. The minimum Gasteiger partial charge on any atom is -0.381 e. The maximum absolute atomic E-state index is 13.1. The SMILES string of the molecule is COC1CCN(C2CCN(C(=O)Cn3cc(-c4ccc(F)cc4)cn3)CC2)CC1. The van der Waals surface area contributed by atoms with Crippen molar-refractivity contribution in [1.29, 1.82) is 0 Å². The first-order valence-electron chi connectivity index (χ1n) is 10.5.